The number of anilines is 2. The maximum Gasteiger partial charge on any atom is 0.411 e. The van der Waals surface area contributed by atoms with E-state index in [2.05, 4.69) is 10.6 Å². The van der Waals surface area contributed by atoms with Gasteiger partial charge in [0.1, 0.15) is 12.4 Å². The molecule has 0 atom stereocenters. The minimum Gasteiger partial charge on any atom is -0.447 e. The fraction of sp³-hybridized carbons (Fsp3) is 0.222. The zero-order valence-corrected chi connectivity index (χ0v) is 14.0. The van der Waals surface area contributed by atoms with Crippen LogP contribution in [-0.2, 0) is 9.47 Å². The second kappa shape index (κ2) is 8.79. The number of hydrogen-bond donors (Lipinski definition) is 2. The van der Waals surface area contributed by atoms with E-state index in [1.165, 1.54) is 25.3 Å². The van der Waals surface area contributed by atoms with Crippen LogP contribution in [0.15, 0.2) is 42.5 Å². The Hall–Kier alpha value is -2.93. The van der Waals surface area contributed by atoms with Gasteiger partial charge in [0.25, 0.3) is 5.91 Å². The molecule has 0 fully saturated rings. The van der Waals surface area contributed by atoms with Crippen molar-refractivity contribution < 1.29 is 23.5 Å². The Labute approximate surface area is 144 Å². The van der Waals surface area contributed by atoms with Crippen LogP contribution in [0.4, 0.5) is 20.6 Å². The third kappa shape index (κ3) is 5.58. The average Bonchev–Trinajstić information content (AvgIpc) is 2.57. The van der Waals surface area contributed by atoms with Crippen LogP contribution in [-0.4, -0.2) is 32.3 Å². The standard InChI is InChI=1S/C18H19FN2O4/c1-12-6-7-13(19)10-16(12)17(22)20-14-4-3-5-15(11-14)21-18(23)25-9-8-24-2/h3-7,10-11H,8-9H2,1-2H3,(H,20,22)(H,21,23). The van der Waals surface area contributed by atoms with Gasteiger partial charge in [-0.2, -0.15) is 0 Å². The van der Waals surface area contributed by atoms with Crippen molar-refractivity contribution >= 4 is 23.4 Å². The lowest BCUT2D eigenvalue weighted by Gasteiger charge is -2.10. The van der Waals surface area contributed by atoms with E-state index < -0.39 is 17.8 Å². The minimum absolute atomic E-state index is 0.137. The number of methoxy groups -OCH3 is 1. The first-order valence-electron chi connectivity index (χ1n) is 7.60. The topological polar surface area (TPSA) is 76.7 Å². The second-order valence-electron chi connectivity index (χ2n) is 5.25. The van der Waals surface area contributed by atoms with Crippen molar-refractivity contribution in [3.05, 3.63) is 59.4 Å². The van der Waals surface area contributed by atoms with Crippen LogP contribution in [0.1, 0.15) is 15.9 Å². The predicted octanol–water partition coefficient (Wildman–Crippen LogP) is 3.58. The van der Waals surface area contributed by atoms with Crippen molar-refractivity contribution in [3.63, 3.8) is 0 Å². The van der Waals surface area contributed by atoms with E-state index in [4.69, 9.17) is 9.47 Å². The quantitative estimate of drug-likeness (QED) is 0.784. The summed E-state index contributed by atoms with van der Waals surface area (Å²) in [6.07, 6.45) is -0.624. The molecule has 6 nitrogen and oxygen atoms in total. The highest BCUT2D eigenvalue weighted by molar-refractivity contribution is 6.05. The Kier molecular flexibility index (Phi) is 6.47. The molecule has 0 heterocycles. The first-order valence-corrected chi connectivity index (χ1v) is 7.60. The maximum absolute atomic E-state index is 13.3. The van der Waals surface area contributed by atoms with E-state index in [0.717, 1.165) is 0 Å². The summed E-state index contributed by atoms with van der Waals surface area (Å²) in [4.78, 5) is 23.9. The molecule has 25 heavy (non-hydrogen) atoms. The molecule has 0 saturated carbocycles. The lowest BCUT2D eigenvalue weighted by Crippen LogP contribution is -2.17. The summed E-state index contributed by atoms with van der Waals surface area (Å²) in [5, 5.41) is 5.22. The first-order chi connectivity index (χ1) is 12.0. The van der Waals surface area contributed by atoms with Gasteiger partial charge < -0.3 is 14.8 Å². The summed E-state index contributed by atoms with van der Waals surface area (Å²) in [7, 11) is 1.51. The summed E-state index contributed by atoms with van der Waals surface area (Å²) < 4.78 is 23.0. The van der Waals surface area contributed by atoms with Crippen LogP contribution in [0.2, 0.25) is 0 Å². The van der Waals surface area contributed by atoms with E-state index >= 15 is 0 Å². The molecule has 2 amide bonds. The fourth-order valence-corrected chi connectivity index (χ4v) is 2.08. The van der Waals surface area contributed by atoms with E-state index in [-0.39, 0.29) is 12.2 Å². The van der Waals surface area contributed by atoms with Gasteiger partial charge in [-0.3, -0.25) is 10.1 Å². The van der Waals surface area contributed by atoms with Gasteiger partial charge in [0.05, 0.1) is 6.61 Å². The first kappa shape index (κ1) is 18.4. The Morgan fingerprint density at radius 1 is 1.04 bits per heavy atom. The molecule has 0 saturated heterocycles. The third-order valence-corrected chi connectivity index (χ3v) is 3.33. The number of aryl methyl sites for hydroxylation is 1. The molecule has 2 aromatic rings. The number of amides is 2. The van der Waals surface area contributed by atoms with Crippen molar-refractivity contribution in [2.45, 2.75) is 6.92 Å². The number of halogens is 1. The highest BCUT2D eigenvalue weighted by atomic mass is 19.1. The number of benzene rings is 2. The van der Waals surface area contributed by atoms with Crippen LogP contribution in [0.3, 0.4) is 0 Å². The van der Waals surface area contributed by atoms with Crippen LogP contribution >= 0.6 is 0 Å². The number of nitrogens with one attached hydrogen (secondary N) is 2. The molecular formula is C18H19FN2O4. The van der Waals surface area contributed by atoms with Gasteiger partial charge in [-0.1, -0.05) is 12.1 Å². The highest BCUT2D eigenvalue weighted by Gasteiger charge is 2.11. The molecule has 0 aromatic heterocycles. The largest absolute Gasteiger partial charge is 0.447 e. The van der Waals surface area contributed by atoms with Crippen molar-refractivity contribution in [1.29, 1.82) is 0 Å². The summed E-state index contributed by atoms with van der Waals surface area (Å²) >= 11 is 0. The molecular weight excluding hydrogens is 327 g/mol. The number of carbonyl (C=O) groups is 2. The monoisotopic (exact) mass is 346 g/mol. The van der Waals surface area contributed by atoms with Crippen LogP contribution < -0.4 is 10.6 Å². The molecule has 0 aliphatic carbocycles. The molecule has 0 bridgehead atoms. The number of carbonyl (C=O) groups excluding carboxylic acids is 2. The lowest BCUT2D eigenvalue weighted by molar-refractivity contribution is 0.102. The van der Waals surface area contributed by atoms with Crippen LogP contribution in [0, 0.1) is 12.7 Å². The average molecular weight is 346 g/mol. The summed E-state index contributed by atoms with van der Waals surface area (Å²) in [6, 6.07) is 10.6. The van der Waals surface area contributed by atoms with E-state index in [1.54, 1.807) is 31.2 Å². The second-order valence-corrected chi connectivity index (χ2v) is 5.25. The number of ether oxygens (including phenoxy) is 2. The molecule has 0 unspecified atom stereocenters. The Morgan fingerprint density at radius 2 is 1.76 bits per heavy atom. The highest BCUT2D eigenvalue weighted by Crippen LogP contribution is 2.18. The molecule has 2 aromatic carbocycles. The normalized spacial score (nSPS) is 10.2. The smallest absolute Gasteiger partial charge is 0.411 e. The van der Waals surface area contributed by atoms with E-state index in [0.29, 0.717) is 23.5 Å². The molecule has 7 heteroatoms. The number of hydrogen-bond acceptors (Lipinski definition) is 4. The molecule has 0 spiro atoms. The molecule has 2 rings (SSSR count). The van der Waals surface area contributed by atoms with Gasteiger partial charge >= 0.3 is 6.09 Å². The molecule has 132 valence electrons. The predicted molar refractivity (Wildman–Crippen MR) is 92.4 cm³/mol. The molecule has 0 aliphatic heterocycles. The lowest BCUT2D eigenvalue weighted by atomic mass is 10.1. The maximum atomic E-state index is 13.3. The van der Waals surface area contributed by atoms with Crippen LogP contribution in [0.5, 0.6) is 0 Å². The minimum atomic E-state index is -0.624. The van der Waals surface area contributed by atoms with Crippen LogP contribution in [0.25, 0.3) is 0 Å². The van der Waals surface area contributed by atoms with Gasteiger partial charge in [0.15, 0.2) is 0 Å². The molecule has 2 N–H and O–H groups in total. The zero-order valence-electron chi connectivity index (χ0n) is 14.0. The van der Waals surface area contributed by atoms with Gasteiger partial charge in [0.2, 0.25) is 0 Å². The number of rotatable bonds is 6. The Bertz CT molecular complexity index is 764. The van der Waals surface area contributed by atoms with Crippen molar-refractivity contribution in [3.8, 4) is 0 Å². The van der Waals surface area contributed by atoms with Crippen molar-refractivity contribution in [1.82, 2.24) is 0 Å². The van der Waals surface area contributed by atoms with E-state index in [1.807, 2.05) is 0 Å². The summed E-state index contributed by atoms with van der Waals surface area (Å²) in [6.45, 7) is 2.16. The molecule has 0 radical (unpaired) electrons. The third-order valence-electron chi connectivity index (χ3n) is 3.33. The van der Waals surface area contributed by atoms with E-state index in [9.17, 15) is 14.0 Å². The Balaban J connectivity index is 2.02. The SMILES string of the molecule is COCCOC(=O)Nc1cccc(NC(=O)c2cc(F)ccc2C)c1. The molecule has 0 aliphatic rings. The van der Waals surface area contributed by atoms with Gasteiger partial charge in [-0.25, -0.2) is 9.18 Å². The Morgan fingerprint density at radius 3 is 2.48 bits per heavy atom. The zero-order chi connectivity index (χ0) is 18.2. The van der Waals surface area contributed by atoms with Crippen molar-refractivity contribution in [2.75, 3.05) is 31.0 Å². The fourth-order valence-electron chi connectivity index (χ4n) is 2.08. The summed E-state index contributed by atoms with van der Waals surface area (Å²) in [5.41, 5.74) is 1.83. The summed E-state index contributed by atoms with van der Waals surface area (Å²) in [5.74, 6) is -0.915. The van der Waals surface area contributed by atoms with Crippen molar-refractivity contribution in [2.24, 2.45) is 0 Å². The van der Waals surface area contributed by atoms with Gasteiger partial charge in [-0.05, 0) is 42.8 Å². The van der Waals surface area contributed by atoms with Gasteiger partial charge in [-0.15, -0.1) is 0 Å². The van der Waals surface area contributed by atoms with Gasteiger partial charge in [0, 0.05) is 24.0 Å².